The second-order valence-corrected chi connectivity index (χ2v) is 4.55. The zero-order chi connectivity index (χ0) is 11.9. The summed E-state index contributed by atoms with van der Waals surface area (Å²) in [6.45, 7) is 6.93. The van der Waals surface area contributed by atoms with Crippen LogP contribution in [0.2, 0.25) is 0 Å². The van der Waals surface area contributed by atoms with Gasteiger partial charge in [-0.1, -0.05) is 0 Å². The van der Waals surface area contributed by atoms with Crippen LogP contribution < -0.4 is 5.73 Å². The largest absolute Gasteiger partial charge is 0.388 e. The Balaban J connectivity index is 3.27. The summed E-state index contributed by atoms with van der Waals surface area (Å²) in [4.78, 5) is 14.8. The Bertz CT molecular complexity index is 374. The molecule has 0 bridgehead atoms. The molecule has 1 aromatic heterocycles. The van der Waals surface area contributed by atoms with Crippen LogP contribution in [-0.2, 0) is 5.54 Å². The fraction of sp³-hybridized carbons (Fsp3) is 0.600. The normalized spacial score (nSPS) is 12.9. The van der Waals surface area contributed by atoms with E-state index in [9.17, 15) is 9.90 Å². The summed E-state index contributed by atoms with van der Waals surface area (Å²) in [5.74, 6) is -0.532. The minimum Gasteiger partial charge on any atom is -0.388 e. The number of amides is 1. The number of hydrogen-bond donors (Lipinski definition) is 2. The molecule has 1 amide bonds. The van der Waals surface area contributed by atoms with Crippen LogP contribution in [-0.4, -0.2) is 26.2 Å². The first-order valence-corrected chi connectivity index (χ1v) is 4.66. The number of nitrogens with two attached hydrogens (primary N) is 1. The topological polar surface area (TPSA) is 81.1 Å². The van der Waals surface area contributed by atoms with Crippen LogP contribution in [0.4, 0.5) is 0 Å². The third-order valence-corrected chi connectivity index (χ3v) is 2.91. The zero-order valence-corrected chi connectivity index (χ0v) is 9.40. The van der Waals surface area contributed by atoms with E-state index in [0.717, 1.165) is 0 Å². The molecule has 0 spiro atoms. The van der Waals surface area contributed by atoms with Crippen molar-refractivity contribution >= 4 is 5.91 Å². The van der Waals surface area contributed by atoms with Gasteiger partial charge in [-0.05, 0) is 27.7 Å². The second kappa shape index (κ2) is 3.34. The van der Waals surface area contributed by atoms with Gasteiger partial charge in [0.05, 0.1) is 11.1 Å². The zero-order valence-electron chi connectivity index (χ0n) is 9.40. The molecule has 15 heavy (non-hydrogen) atoms. The number of primary amides is 1. The molecule has 1 rings (SSSR count). The van der Waals surface area contributed by atoms with E-state index in [2.05, 4.69) is 11.2 Å². The van der Waals surface area contributed by atoms with Gasteiger partial charge in [0.2, 0.25) is 0 Å². The number of rotatable bonds is 3. The Labute approximate surface area is 88.9 Å². The predicted octanol–water partition coefficient (Wildman–Crippen LogP) is 0.288. The number of aliphatic hydroxyl groups is 1. The monoisotopic (exact) mass is 210 g/mol. The number of carbonyl (C=O) groups is 1. The van der Waals surface area contributed by atoms with Crippen molar-refractivity contribution in [1.82, 2.24) is 9.55 Å². The van der Waals surface area contributed by atoms with E-state index in [0.29, 0.717) is 0 Å². The van der Waals surface area contributed by atoms with Crippen molar-refractivity contribution in [3.63, 3.8) is 0 Å². The van der Waals surface area contributed by atoms with Crippen molar-refractivity contribution < 1.29 is 9.90 Å². The third kappa shape index (κ3) is 1.87. The fourth-order valence-electron chi connectivity index (χ4n) is 1.16. The van der Waals surface area contributed by atoms with Gasteiger partial charge in [0.25, 0.3) is 5.91 Å². The summed E-state index contributed by atoms with van der Waals surface area (Å²) in [5.41, 5.74) is 3.48. The molecular formula is C10H16N3O2. The molecule has 5 heteroatoms. The highest BCUT2D eigenvalue weighted by Crippen LogP contribution is 2.29. The van der Waals surface area contributed by atoms with Crippen LogP contribution in [0.3, 0.4) is 0 Å². The average Bonchev–Trinajstić information content (AvgIpc) is 2.48. The van der Waals surface area contributed by atoms with Gasteiger partial charge in [-0.15, -0.1) is 0 Å². The Morgan fingerprint density at radius 1 is 1.53 bits per heavy atom. The highest BCUT2D eigenvalue weighted by molar-refractivity contribution is 5.89. The average molecular weight is 210 g/mol. The summed E-state index contributed by atoms with van der Waals surface area (Å²) < 4.78 is 1.54. The predicted molar refractivity (Wildman–Crippen MR) is 55.2 cm³/mol. The van der Waals surface area contributed by atoms with Crippen molar-refractivity contribution in [2.24, 2.45) is 5.73 Å². The molecule has 3 N–H and O–H groups in total. The number of carbonyl (C=O) groups excluding carboxylic acids is 1. The van der Waals surface area contributed by atoms with Gasteiger partial charge >= 0.3 is 0 Å². The van der Waals surface area contributed by atoms with Gasteiger partial charge in [0.15, 0.2) is 5.82 Å². The molecule has 5 nitrogen and oxygen atoms in total. The lowest BCUT2D eigenvalue weighted by Gasteiger charge is -2.39. The number of aromatic nitrogens is 2. The maximum Gasteiger partial charge on any atom is 0.284 e. The molecule has 0 aliphatic carbocycles. The van der Waals surface area contributed by atoms with Crippen molar-refractivity contribution in [1.29, 1.82) is 0 Å². The lowest BCUT2D eigenvalue weighted by molar-refractivity contribution is -0.0270. The molecule has 0 aliphatic heterocycles. The Kier molecular flexibility index (Phi) is 2.61. The minimum absolute atomic E-state index is 0.0992. The van der Waals surface area contributed by atoms with Gasteiger partial charge in [-0.2, -0.15) is 0 Å². The van der Waals surface area contributed by atoms with Crippen LogP contribution in [0, 0.1) is 6.20 Å². The molecule has 83 valence electrons. The fourth-order valence-corrected chi connectivity index (χ4v) is 1.16. The van der Waals surface area contributed by atoms with Gasteiger partial charge in [0, 0.05) is 6.20 Å². The summed E-state index contributed by atoms with van der Waals surface area (Å²) in [6, 6.07) is 0. The van der Waals surface area contributed by atoms with E-state index in [4.69, 9.17) is 5.73 Å². The molecular weight excluding hydrogens is 194 g/mol. The highest BCUT2D eigenvalue weighted by atomic mass is 16.3. The van der Waals surface area contributed by atoms with Crippen molar-refractivity contribution in [2.45, 2.75) is 38.8 Å². The first kappa shape index (κ1) is 11.7. The SMILES string of the molecule is CC(C)(O)C(C)(C)n1c[c]nc1C(N)=O. The number of imidazole rings is 1. The van der Waals surface area contributed by atoms with E-state index in [1.54, 1.807) is 27.7 Å². The van der Waals surface area contributed by atoms with Crippen molar-refractivity contribution in [2.75, 3.05) is 0 Å². The molecule has 0 unspecified atom stereocenters. The lowest BCUT2D eigenvalue weighted by atomic mass is 9.85. The highest BCUT2D eigenvalue weighted by Gasteiger charge is 2.38. The standard InChI is InChI=1S/C10H16N3O2/c1-9(2,10(3,4)15)13-6-5-12-8(13)7(11)14/h6,15H,1-4H3,(H2,11,14). The molecule has 1 aromatic rings. The van der Waals surface area contributed by atoms with E-state index in [1.165, 1.54) is 10.8 Å². The van der Waals surface area contributed by atoms with Crippen LogP contribution in [0.25, 0.3) is 0 Å². The Hall–Kier alpha value is -1.36. The third-order valence-electron chi connectivity index (χ3n) is 2.91. The Morgan fingerprint density at radius 2 is 2.07 bits per heavy atom. The van der Waals surface area contributed by atoms with Gasteiger partial charge in [-0.3, -0.25) is 4.79 Å². The first-order valence-electron chi connectivity index (χ1n) is 4.66. The van der Waals surface area contributed by atoms with Gasteiger partial charge < -0.3 is 15.4 Å². The van der Waals surface area contributed by atoms with Crippen molar-refractivity contribution in [3.05, 3.63) is 18.2 Å². The van der Waals surface area contributed by atoms with Crippen LogP contribution >= 0.6 is 0 Å². The summed E-state index contributed by atoms with van der Waals surface area (Å²) in [7, 11) is 0. The van der Waals surface area contributed by atoms with E-state index >= 15 is 0 Å². The van der Waals surface area contributed by atoms with E-state index in [-0.39, 0.29) is 5.82 Å². The van der Waals surface area contributed by atoms with Crippen LogP contribution in [0.15, 0.2) is 6.20 Å². The van der Waals surface area contributed by atoms with Crippen LogP contribution in [0.5, 0.6) is 0 Å². The van der Waals surface area contributed by atoms with Crippen molar-refractivity contribution in [3.8, 4) is 0 Å². The molecule has 0 aromatic carbocycles. The molecule has 1 radical (unpaired) electrons. The second-order valence-electron chi connectivity index (χ2n) is 4.55. The van der Waals surface area contributed by atoms with Gasteiger partial charge in [0.1, 0.15) is 6.20 Å². The molecule has 0 atom stereocenters. The molecule has 0 saturated carbocycles. The molecule has 1 heterocycles. The summed E-state index contributed by atoms with van der Waals surface area (Å²) in [6.07, 6.45) is 4.07. The molecule has 0 fully saturated rings. The van der Waals surface area contributed by atoms with Crippen LogP contribution in [0.1, 0.15) is 38.3 Å². The Morgan fingerprint density at radius 3 is 2.47 bits per heavy atom. The number of hydrogen-bond acceptors (Lipinski definition) is 3. The maximum absolute atomic E-state index is 11.1. The molecule has 0 aliphatic rings. The summed E-state index contributed by atoms with van der Waals surface area (Å²) >= 11 is 0. The lowest BCUT2D eigenvalue weighted by Crippen LogP contribution is -2.48. The van der Waals surface area contributed by atoms with E-state index < -0.39 is 17.0 Å². The minimum atomic E-state index is -1.01. The number of nitrogens with zero attached hydrogens (tertiary/aromatic N) is 2. The van der Waals surface area contributed by atoms with E-state index in [1.807, 2.05) is 0 Å². The van der Waals surface area contributed by atoms with Gasteiger partial charge in [-0.25, -0.2) is 4.98 Å². The maximum atomic E-state index is 11.1. The summed E-state index contributed by atoms with van der Waals surface area (Å²) in [5, 5.41) is 10.0. The molecule has 0 saturated heterocycles. The quantitative estimate of drug-likeness (QED) is 0.752. The smallest absolute Gasteiger partial charge is 0.284 e. The first-order chi connectivity index (χ1) is 6.68.